The second-order valence-electron chi connectivity index (χ2n) is 7.09. The second-order valence-corrected chi connectivity index (χ2v) is 7.09. The Bertz CT molecular complexity index is 932. The molecule has 1 N–H and O–H groups in total. The Labute approximate surface area is 158 Å². The first kappa shape index (κ1) is 17.3. The van der Waals surface area contributed by atoms with Crippen LogP contribution in [-0.4, -0.2) is 32.2 Å². The van der Waals surface area contributed by atoms with Crippen molar-refractivity contribution in [2.45, 2.75) is 32.4 Å². The molecule has 3 aromatic rings. The molecule has 1 aliphatic rings. The van der Waals surface area contributed by atoms with Crippen LogP contribution in [0, 0.1) is 0 Å². The number of benzene rings is 2. The van der Waals surface area contributed by atoms with Crippen LogP contribution in [0.2, 0.25) is 0 Å². The standard InChI is InChI=1S/C22H23N3O2/c1-16(18-7-9-21(26)10-8-18)22(27)24-11-12-25-20(15-24)14-19(23-25)13-17-5-3-2-4-6-17/h2-10,14,16,26H,11-13,15H2,1H3/t16-/m0/s1. The molecule has 1 aromatic heterocycles. The highest BCUT2D eigenvalue weighted by molar-refractivity contribution is 5.83. The van der Waals surface area contributed by atoms with Crippen molar-refractivity contribution >= 4 is 5.91 Å². The van der Waals surface area contributed by atoms with Gasteiger partial charge in [-0.3, -0.25) is 9.48 Å². The van der Waals surface area contributed by atoms with Crippen molar-refractivity contribution in [1.29, 1.82) is 0 Å². The first-order valence-electron chi connectivity index (χ1n) is 9.27. The number of amides is 1. The molecule has 0 saturated heterocycles. The SMILES string of the molecule is C[C@H](C(=O)N1CCn2nc(Cc3ccccc3)cc2C1)c1ccc(O)cc1. The van der Waals surface area contributed by atoms with E-state index in [1.165, 1.54) is 5.56 Å². The summed E-state index contributed by atoms with van der Waals surface area (Å²) >= 11 is 0. The highest BCUT2D eigenvalue weighted by atomic mass is 16.3. The van der Waals surface area contributed by atoms with Crippen LogP contribution in [0.15, 0.2) is 60.7 Å². The molecule has 0 saturated carbocycles. The van der Waals surface area contributed by atoms with E-state index in [0.717, 1.165) is 29.9 Å². The quantitative estimate of drug-likeness (QED) is 0.775. The zero-order chi connectivity index (χ0) is 18.8. The van der Waals surface area contributed by atoms with E-state index in [4.69, 9.17) is 5.10 Å². The lowest BCUT2D eigenvalue weighted by molar-refractivity contribution is -0.134. The summed E-state index contributed by atoms with van der Waals surface area (Å²) in [5.74, 6) is 0.0906. The summed E-state index contributed by atoms with van der Waals surface area (Å²) in [5.41, 5.74) is 4.28. The fraction of sp³-hybridized carbons (Fsp3) is 0.273. The number of phenols is 1. The summed E-state index contributed by atoms with van der Waals surface area (Å²) < 4.78 is 2.02. The van der Waals surface area contributed by atoms with Crippen LogP contribution in [0.4, 0.5) is 0 Å². The van der Waals surface area contributed by atoms with E-state index >= 15 is 0 Å². The van der Waals surface area contributed by atoms with Gasteiger partial charge in [0.05, 0.1) is 30.4 Å². The largest absolute Gasteiger partial charge is 0.508 e. The van der Waals surface area contributed by atoms with Gasteiger partial charge in [0, 0.05) is 13.0 Å². The topological polar surface area (TPSA) is 58.4 Å². The lowest BCUT2D eigenvalue weighted by atomic mass is 9.99. The highest BCUT2D eigenvalue weighted by Gasteiger charge is 2.26. The van der Waals surface area contributed by atoms with Crippen molar-refractivity contribution in [3.63, 3.8) is 0 Å². The predicted molar refractivity (Wildman–Crippen MR) is 103 cm³/mol. The van der Waals surface area contributed by atoms with Crippen molar-refractivity contribution in [2.24, 2.45) is 0 Å². The fourth-order valence-corrected chi connectivity index (χ4v) is 3.58. The molecular formula is C22H23N3O2. The second kappa shape index (κ2) is 7.27. The molecule has 27 heavy (non-hydrogen) atoms. The Morgan fingerprint density at radius 1 is 1.11 bits per heavy atom. The number of nitrogens with zero attached hydrogens (tertiary/aromatic N) is 3. The Morgan fingerprint density at radius 2 is 1.85 bits per heavy atom. The molecule has 0 radical (unpaired) electrons. The third-order valence-corrected chi connectivity index (χ3v) is 5.15. The van der Waals surface area contributed by atoms with Gasteiger partial charge in [0.15, 0.2) is 0 Å². The van der Waals surface area contributed by atoms with Crippen molar-refractivity contribution < 1.29 is 9.90 Å². The Hall–Kier alpha value is -3.08. The smallest absolute Gasteiger partial charge is 0.230 e. The maximum Gasteiger partial charge on any atom is 0.230 e. The minimum atomic E-state index is -0.233. The molecule has 4 rings (SSSR count). The molecular weight excluding hydrogens is 338 g/mol. The molecule has 0 aliphatic carbocycles. The van der Waals surface area contributed by atoms with E-state index in [0.29, 0.717) is 13.1 Å². The molecule has 2 aromatic carbocycles. The average molecular weight is 361 g/mol. The van der Waals surface area contributed by atoms with Crippen molar-refractivity contribution in [3.05, 3.63) is 83.2 Å². The monoisotopic (exact) mass is 361 g/mol. The van der Waals surface area contributed by atoms with Gasteiger partial charge in [-0.1, -0.05) is 42.5 Å². The van der Waals surface area contributed by atoms with E-state index in [2.05, 4.69) is 18.2 Å². The number of aromatic hydroxyl groups is 1. The number of phenolic OH excluding ortho intramolecular Hbond substituents is 1. The molecule has 5 nitrogen and oxygen atoms in total. The first-order chi connectivity index (χ1) is 13.1. The maximum absolute atomic E-state index is 12.9. The molecule has 1 aliphatic heterocycles. The van der Waals surface area contributed by atoms with Gasteiger partial charge in [0.2, 0.25) is 5.91 Å². The summed E-state index contributed by atoms with van der Waals surface area (Å²) in [6.45, 7) is 3.89. The number of aromatic nitrogens is 2. The molecule has 1 amide bonds. The van der Waals surface area contributed by atoms with Crippen molar-refractivity contribution in [3.8, 4) is 5.75 Å². The van der Waals surface area contributed by atoms with Crippen LogP contribution in [-0.2, 0) is 24.3 Å². The molecule has 0 bridgehead atoms. The summed E-state index contributed by atoms with van der Waals surface area (Å²) in [6.07, 6.45) is 0.804. The predicted octanol–water partition coefficient (Wildman–Crippen LogP) is 3.33. The van der Waals surface area contributed by atoms with Gasteiger partial charge in [0.1, 0.15) is 5.75 Å². The molecule has 2 heterocycles. The van der Waals surface area contributed by atoms with Crippen molar-refractivity contribution in [1.82, 2.24) is 14.7 Å². The van der Waals surface area contributed by atoms with Crippen molar-refractivity contribution in [2.75, 3.05) is 6.54 Å². The Balaban J connectivity index is 1.46. The summed E-state index contributed by atoms with van der Waals surface area (Å²) in [5, 5.41) is 14.1. The van der Waals surface area contributed by atoms with E-state index in [1.807, 2.05) is 46.8 Å². The van der Waals surface area contributed by atoms with E-state index in [1.54, 1.807) is 12.1 Å². The molecule has 1 atom stereocenters. The Kier molecular flexibility index (Phi) is 4.67. The summed E-state index contributed by atoms with van der Waals surface area (Å²) in [4.78, 5) is 14.8. The average Bonchev–Trinajstić information content (AvgIpc) is 3.09. The maximum atomic E-state index is 12.9. The van der Waals surface area contributed by atoms with Gasteiger partial charge in [0.25, 0.3) is 0 Å². The molecule has 5 heteroatoms. The lowest BCUT2D eigenvalue weighted by Gasteiger charge is -2.30. The minimum Gasteiger partial charge on any atom is -0.508 e. The van der Waals surface area contributed by atoms with Crippen LogP contribution in [0.5, 0.6) is 5.75 Å². The van der Waals surface area contributed by atoms with Crippen LogP contribution < -0.4 is 0 Å². The number of fused-ring (bicyclic) bond motifs is 1. The van der Waals surface area contributed by atoms with Gasteiger partial charge in [-0.2, -0.15) is 5.10 Å². The molecule has 138 valence electrons. The van der Waals surface area contributed by atoms with Gasteiger partial charge < -0.3 is 10.0 Å². The van der Waals surface area contributed by atoms with Gasteiger partial charge in [-0.05, 0) is 36.2 Å². The summed E-state index contributed by atoms with van der Waals surface area (Å²) in [7, 11) is 0. The molecule has 0 unspecified atom stereocenters. The number of rotatable bonds is 4. The number of hydrogen-bond acceptors (Lipinski definition) is 3. The molecule has 0 fully saturated rings. The number of carbonyl (C=O) groups is 1. The van der Waals surface area contributed by atoms with Gasteiger partial charge in [-0.25, -0.2) is 0 Å². The minimum absolute atomic E-state index is 0.109. The Morgan fingerprint density at radius 3 is 2.59 bits per heavy atom. The number of carbonyl (C=O) groups excluding carboxylic acids is 1. The highest BCUT2D eigenvalue weighted by Crippen LogP contribution is 2.23. The van der Waals surface area contributed by atoms with Gasteiger partial charge >= 0.3 is 0 Å². The zero-order valence-corrected chi connectivity index (χ0v) is 15.4. The van der Waals surface area contributed by atoms with Gasteiger partial charge in [-0.15, -0.1) is 0 Å². The van der Waals surface area contributed by atoms with Crippen LogP contribution in [0.1, 0.15) is 35.4 Å². The van der Waals surface area contributed by atoms with E-state index in [9.17, 15) is 9.90 Å². The van der Waals surface area contributed by atoms with Crippen LogP contribution >= 0.6 is 0 Å². The zero-order valence-electron chi connectivity index (χ0n) is 15.4. The van der Waals surface area contributed by atoms with Crippen LogP contribution in [0.25, 0.3) is 0 Å². The summed E-state index contributed by atoms with van der Waals surface area (Å²) in [6, 6.07) is 19.3. The van der Waals surface area contributed by atoms with E-state index in [-0.39, 0.29) is 17.6 Å². The third-order valence-electron chi connectivity index (χ3n) is 5.15. The fourth-order valence-electron chi connectivity index (χ4n) is 3.58. The lowest BCUT2D eigenvalue weighted by Crippen LogP contribution is -2.40. The first-order valence-corrected chi connectivity index (χ1v) is 9.27. The number of hydrogen-bond donors (Lipinski definition) is 1. The third kappa shape index (κ3) is 3.72. The molecule has 0 spiro atoms. The van der Waals surface area contributed by atoms with Crippen LogP contribution in [0.3, 0.4) is 0 Å². The normalized spacial score (nSPS) is 14.6. The van der Waals surface area contributed by atoms with E-state index < -0.39 is 0 Å².